The highest BCUT2D eigenvalue weighted by Crippen LogP contribution is 2.29. The molecule has 146 valence electrons. The van der Waals surface area contributed by atoms with Crippen molar-refractivity contribution in [3.8, 4) is 11.6 Å². The predicted octanol–water partition coefficient (Wildman–Crippen LogP) is 1.85. The van der Waals surface area contributed by atoms with Gasteiger partial charge in [0.05, 0.1) is 24.0 Å². The van der Waals surface area contributed by atoms with Crippen molar-refractivity contribution in [1.82, 2.24) is 24.8 Å². The van der Waals surface area contributed by atoms with Gasteiger partial charge in [-0.2, -0.15) is 0 Å². The molecule has 2 aromatic heterocycles. The molecule has 2 aliphatic rings. The van der Waals surface area contributed by atoms with Gasteiger partial charge in [-0.25, -0.2) is 4.98 Å². The van der Waals surface area contributed by atoms with Crippen LogP contribution in [0.2, 0.25) is 0 Å². The van der Waals surface area contributed by atoms with Crippen molar-refractivity contribution in [2.75, 3.05) is 26.7 Å². The van der Waals surface area contributed by atoms with Crippen LogP contribution >= 0.6 is 0 Å². The standard InChI is InChI=1S/C20H23N5O3/c1-24-13-15(9-19(24)26)20(27)25-7-4-14(5-8-25)17-11-22-12-18(23-17)28-16-3-2-6-21-10-16/h2-3,6,10-12,14-15H,4-5,7-9,13H2,1H3/t15-/m1/s1. The number of likely N-dealkylation sites (tertiary alicyclic amines) is 2. The molecular weight excluding hydrogens is 358 g/mol. The summed E-state index contributed by atoms with van der Waals surface area (Å²) in [7, 11) is 1.75. The van der Waals surface area contributed by atoms with Gasteiger partial charge >= 0.3 is 0 Å². The maximum Gasteiger partial charge on any atom is 0.238 e. The smallest absolute Gasteiger partial charge is 0.238 e. The molecule has 0 aromatic carbocycles. The van der Waals surface area contributed by atoms with Crippen LogP contribution in [0.4, 0.5) is 0 Å². The summed E-state index contributed by atoms with van der Waals surface area (Å²) in [6, 6.07) is 3.62. The summed E-state index contributed by atoms with van der Waals surface area (Å²) >= 11 is 0. The van der Waals surface area contributed by atoms with E-state index in [1.165, 1.54) is 0 Å². The molecule has 1 atom stereocenters. The Bertz CT molecular complexity index is 852. The van der Waals surface area contributed by atoms with Crippen LogP contribution in [0.15, 0.2) is 36.9 Å². The number of hydrogen-bond acceptors (Lipinski definition) is 6. The third kappa shape index (κ3) is 3.95. The van der Waals surface area contributed by atoms with Gasteiger partial charge in [0.2, 0.25) is 17.7 Å². The summed E-state index contributed by atoms with van der Waals surface area (Å²) in [6.07, 6.45) is 8.65. The molecule has 0 saturated carbocycles. The fourth-order valence-electron chi connectivity index (χ4n) is 3.82. The van der Waals surface area contributed by atoms with Gasteiger partial charge in [0.25, 0.3) is 0 Å². The zero-order valence-corrected chi connectivity index (χ0v) is 15.8. The molecule has 0 unspecified atom stereocenters. The molecule has 4 rings (SSSR count). The first-order chi connectivity index (χ1) is 13.6. The van der Waals surface area contributed by atoms with Gasteiger partial charge in [0.15, 0.2) is 0 Å². The van der Waals surface area contributed by atoms with E-state index in [0.29, 0.717) is 37.7 Å². The van der Waals surface area contributed by atoms with Gasteiger partial charge in [-0.3, -0.25) is 19.6 Å². The molecule has 2 amide bonds. The Balaban J connectivity index is 1.35. The van der Waals surface area contributed by atoms with Crippen molar-refractivity contribution < 1.29 is 14.3 Å². The van der Waals surface area contributed by atoms with Gasteiger partial charge < -0.3 is 14.5 Å². The number of carbonyl (C=O) groups is 2. The van der Waals surface area contributed by atoms with E-state index >= 15 is 0 Å². The first-order valence-corrected chi connectivity index (χ1v) is 9.52. The Hall–Kier alpha value is -3.03. The van der Waals surface area contributed by atoms with E-state index in [9.17, 15) is 9.59 Å². The minimum atomic E-state index is -0.204. The summed E-state index contributed by atoms with van der Waals surface area (Å²) in [4.78, 5) is 40.8. The molecule has 0 aliphatic carbocycles. The highest BCUT2D eigenvalue weighted by Gasteiger charge is 2.36. The zero-order chi connectivity index (χ0) is 19.5. The van der Waals surface area contributed by atoms with Crippen LogP contribution in [0.1, 0.15) is 30.9 Å². The lowest BCUT2D eigenvalue weighted by atomic mass is 9.93. The second-order valence-electron chi connectivity index (χ2n) is 7.35. The van der Waals surface area contributed by atoms with Gasteiger partial charge in [-0.1, -0.05) is 0 Å². The quantitative estimate of drug-likeness (QED) is 0.803. The molecule has 8 heteroatoms. The molecule has 2 fully saturated rings. The summed E-state index contributed by atoms with van der Waals surface area (Å²) in [5, 5.41) is 0. The van der Waals surface area contributed by atoms with E-state index in [1.807, 2.05) is 11.0 Å². The zero-order valence-electron chi connectivity index (χ0n) is 15.8. The van der Waals surface area contributed by atoms with E-state index in [1.54, 1.807) is 42.8 Å². The lowest BCUT2D eigenvalue weighted by Gasteiger charge is -2.33. The lowest BCUT2D eigenvalue weighted by molar-refractivity contribution is -0.136. The highest BCUT2D eigenvalue weighted by molar-refractivity contribution is 5.89. The Morgan fingerprint density at radius 3 is 2.68 bits per heavy atom. The molecule has 0 radical (unpaired) electrons. The fourth-order valence-corrected chi connectivity index (χ4v) is 3.82. The molecule has 4 heterocycles. The second kappa shape index (κ2) is 7.92. The number of nitrogens with zero attached hydrogens (tertiary/aromatic N) is 5. The van der Waals surface area contributed by atoms with Gasteiger partial charge in [-0.05, 0) is 25.0 Å². The Morgan fingerprint density at radius 1 is 1.18 bits per heavy atom. The topological polar surface area (TPSA) is 88.5 Å². The third-order valence-corrected chi connectivity index (χ3v) is 5.40. The molecular formula is C20H23N5O3. The van der Waals surface area contributed by atoms with Gasteiger partial charge in [-0.15, -0.1) is 0 Å². The van der Waals surface area contributed by atoms with Crippen LogP contribution in [0.25, 0.3) is 0 Å². The number of pyridine rings is 1. The normalized spacial score (nSPS) is 20.5. The first-order valence-electron chi connectivity index (χ1n) is 9.52. The van der Waals surface area contributed by atoms with Crippen molar-refractivity contribution in [3.05, 3.63) is 42.6 Å². The first kappa shape index (κ1) is 18.3. The number of carbonyl (C=O) groups excluding carboxylic acids is 2. The summed E-state index contributed by atoms with van der Waals surface area (Å²) in [6.45, 7) is 1.87. The number of piperidine rings is 1. The van der Waals surface area contributed by atoms with E-state index < -0.39 is 0 Å². The molecule has 8 nitrogen and oxygen atoms in total. The van der Waals surface area contributed by atoms with Crippen LogP contribution < -0.4 is 4.74 Å². The average molecular weight is 381 g/mol. The Labute approximate surface area is 163 Å². The van der Waals surface area contributed by atoms with E-state index in [4.69, 9.17) is 4.74 Å². The summed E-state index contributed by atoms with van der Waals surface area (Å²) in [5.74, 6) is 1.23. The highest BCUT2D eigenvalue weighted by atomic mass is 16.5. The van der Waals surface area contributed by atoms with Crippen LogP contribution in [-0.4, -0.2) is 63.2 Å². The Kier molecular flexibility index (Phi) is 5.18. The van der Waals surface area contributed by atoms with Crippen LogP contribution in [0.3, 0.4) is 0 Å². The van der Waals surface area contributed by atoms with Crippen LogP contribution in [-0.2, 0) is 9.59 Å². The van der Waals surface area contributed by atoms with E-state index in [2.05, 4.69) is 15.0 Å². The third-order valence-electron chi connectivity index (χ3n) is 5.40. The molecule has 0 N–H and O–H groups in total. The lowest BCUT2D eigenvalue weighted by Crippen LogP contribution is -2.42. The van der Waals surface area contributed by atoms with Gasteiger partial charge in [0, 0.05) is 51.4 Å². The largest absolute Gasteiger partial charge is 0.436 e. The van der Waals surface area contributed by atoms with Crippen molar-refractivity contribution >= 4 is 11.8 Å². The van der Waals surface area contributed by atoms with Crippen molar-refractivity contribution in [1.29, 1.82) is 0 Å². The summed E-state index contributed by atoms with van der Waals surface area (Å²) < 4.78 is 5.72. The average Bonchev–Trinajstić information content (AvgIpc) is 3.07. The maximum atomic E-state index is 12.7. The van der Waals surface area contributed by atoms with Crippen molar-refractivity contribution in [3.63, 3.8) is 0 Å². The van der Waals surface area contributed by atoms with Crippen LogP contribution in [0, 0.1) is 5.92 Å². The number of hydrogen-bond donors (Lipinski definition) is 0. The fraction of sp³-hybridized carbons (Fsp3) is 0.450. The van der Waals surface area contributed by atoms with Gasteiger partial charge in [0.1, 0.15) is 5.75 Å². The maximum absolute atomic E-state index is 12.7. The van der Waals surface area contributed by atoms with Crippen molar-refractivity contribution in [2.45, 2.75) is 25.2 Å². The van der Waals surface area contributed by atoms with Crippen LogP contribution in [0.5, 0.6) is 11.6 Å². The molecule has 0 bridgehead atoms. The monoisotopic (exact) mass is 381 g/mol. The number of amides is 2. The molecule has 28 heavy (non-hydrogen) atoms. The molecule has 2 aliphatic heterocycles. The molecule has 2 saturated heterocycles. The SMILES string of the molecule is CN1C[C@H](C(=O)N2CCC(c3cncc(Oc4cccnc4)n3)CC2)CC1=O. The van der Waals surface area contributed by atoms with E-state index in [0.717, 1.165) is 18.5 Å². The Morgan fingerprint density at radius 2 is 2.00 bits per heavy atom. The number of ether oxygens (including phenoxy) is 1. The summed E-state index contributed by atoms with van der Waals surface area (Å²) in [5.41, 5.74) is 0.879. The number of aromatic nitrogens is 3. The van der Waals surface area contributed by atoms with Crippen molar-refractivity contribution in [2.24, 2.45) is 5.92 Å². The second-order valence-corrected chi connectivity index (χ2v) is 7.35. The minimum Gasteiger partial charge on any atom is -0.436 e. The predicted molar refractivity (Wildman–Crippen MR) is 101 cm³/mol. The molecule has 0 spiro atoms. The minimum absolute atomic E-state index is 0.0499. The molecule has 2 aromatic rings. The number of rotatable bonds is 4. The van der Waals surface area contributed by atoms with E-state index in [-0.39, 0.29) is 23.7 Å².